The highest BCUT2D eigenvalue weighted by Gasteiger charge is 1.99. The molecule has 0 spiro atoms. The predicted molar refractivity (Wildman–Crippen MR) is 108 cm³/mol. The molecule has 130 valence electrons. The van der Waals surface area contributed by atoms with Gasteiger partial charge in [0.25, 0.3) is 0 Å². The Bertz CT molecular complexity index is 639. The van der Waals surface area contributed by atoms with Gasteiger partial charge in [0, 0.05) is 16.4 Å². The van der Waals surface area contributed by atoms with E-state index in [2.05, 4.69) is 66.5 Å². The number of carbonyl (C=O) groups excluding carboxylic acids is 1. The Morgan fingerprint density at radius 2 is 1.75 bits per heavy atom. The largest absolute Gasteiger partial charge is 0.295 e. The molecule has 0 bridgehead atoms. The Hall–Kier alpha value is -1.74. The van der Waals surface area contributed by atoms with Crippen molar-refractivity contribution in [2.75, 3.05) is 0 Å². The number of rotatable bonds is 2. The number of carbonyl (C=O) groups is 1. The Morgan fingerprint density at radius 1 is 1.17 bits per heavy atom. The second-order valence-electron chi connectivity index (χ2n) is 5.67. The first-order chi connectivity index (χ1) is 11.2. The van der Waals surface area contributed by atoms with E-state index in [9.17, 15) is 4.79 Å². The number of ketones is 1. The molecule has 0 aliphatic carbocycles. The van der Waals surface area contributed by atoms with E-state index >= 15 is 0 Å². The molecule has 1 aromatic carbocycles. The minimum Gasteiger partial charge on any atom is -0.295 e. The van der Waals surface area contributed by atoms with Gasteiger partial charge >= 0.3 is 0 Å². The van der Waals surface area contributed by atoms with E-state index in [-0.39, 0.29) is 5.78 Å². The van der Waals surface area contributed by atoms with E-state index in [4.69, 9.17) is 0 Å². The van der Waals surface area contributed by atoms with Gasteiger partial charge in [-0.05, 0) is 81.5 Å². The summed E-state index contributed by atoms with van der Waals surface area (Å²) in [5.41, 5.74) is 6.45. The first-order valence-electron chi connectivity index (χ1n) is 7.99. The fourth-order valence-corrected chi connectivity index (χ4v) is 2.22. The summed E-state index contributed by atoms with van der Waals surface area (Å²) in [5, 5.41) is 0. The van der Waals surface area contributed by atoms with E-state index < -0.39 is 0 Å². The Kier molecular flexibility index (Phi) is 10.9. The maximum Gasteiger partial charge on any atom is 0.152 e. The van der Waals surface area contributed by atoms with Gasteiger partial charge in [-0.2, -0.15) is 0 Å². The predicted octanol–water partition coefficient (Wildman–Crippen LogP) is 6.09. The highest BCUT2D eigenvalue weighted by Crippen LogP contribution is 2.21. The molecule has 24 heavy (non-hydrogen) atoms. The van der Waals surface area contributed by atoms with E-state index in [1.807, 2.05) is 26.1 Å². The first-order valence-corrected chi connectivity index (χ1v) is 8.78. The molecule has 0 N–H and O–H groups in total. The van der Waals surface area contributed by atoms with Crippen LogP contribution in [0.15, 0.2) is 47.6 Å². The fraction of sp³-hybridized carbons (Fsp3) is 0.333. The number of benzene rings is 1. The monoisotopic (exact) mass is 389 g/mol. The van der Waals surface area contributed by atoms with Crippen molar-refractivity contribution in [2.45, 2.75) is 48.0 Å². The lowest BCUT2D eigenvalue weighted by Gasteiger charge is -2.05. The van der Waals surface area contributed by atoms with Crippen molar-refractivity contribution < 1.29 is 4.79 Å². The Morgan fingerprint density at radius 3 is 2.12 bits per heavy atom. The third-order valence-corrected chi connectivity index (χ3v) is 4.20. The summed E-state index contributed by atoms with van der Waals surface area (Å²) < 4.78 is 1.22. The molecule has 2 rings (SSSR count). The molecule has 0 atom stereocenters. The lowest BCUT2D eigenvalue weighted by molar-refractivity contribution is -0.112. The van der Waals surface area contributed by atoms with Crippen molar-refractivity contribution in [1.82, 2.24) is 4.98 Å². The van der Waals surface area contributed by atoms with Gasteiger partial charge in [-0.15, -0.1) is 0 Å². The maximum absolute atomic E-state index is 9.69. The van der Waals surface area contributed by atoms with Gasteiger partial charge in [0.15, 0.2) is 5.78 Å². The highest BCUT2D eigenvalue weighted by atomic mass is 79.9. The molecule has 1 heterocycles. The number of nitrogens with zero attached hydrogens (tertiary/aromatic N) is 1. The van der Waals surface area contributed by atoms with Crippen molar-refractivity contribution >= 4 is 21.7 Å². The van der Waals surface area contributed by atoms with Crippen LogP contribution >= 0.6 is 15.9 Å². The van der Waals surface area contributed by atoms with Crippen molar-refractivity contribution in [3.8, 4) is 0 Å². The average Bonchev–Trinajstić information content (AvgIpc) is 2.55. The van der Waals surface area contributed by atoms with Gasteiger partial charge in [-0.3, -0.25) is 9.78 Å². The zero-order valence-electron chi connectivity index (χ0n) is 15.6. The molecule has 0 fully saturated rings. The summed E-state index contributed by atoms with van der Waals surface area (Å²) in [7, 11) is 0. The van der Waals surface area contributed by atoms with Crippen molar-refractivity contribution in [2.24, 2.45) is 0 Å². The average molecular weight is 390 g/mol. The van der Waals surface area contributed by atoms with E-state index in [1.54, 1.807) is 0 Å². The van der Waals surface area contributed by atoms with Gasteiger partial charge in [0.1, 0.15) is 0 Å². The van der Waals surface area contributed by atoms with Crippen LogP contribution in [0.4, 0.5) is 0 Å². The Labute approximate surface area is 155 Å². The molecule has 2 aromatic rings. The van der Waals surface area contributed by atoms with Crippen LogP contribution in [0.1, 0.15) is 41.8 Å². The summed E-state index contributed by atoms with van der Waals surface area (Å²) in [6, 6.07) is 8.51. The van der Waals surface area contributed by atoms with E-state index in [1.165, 1.54) is 39.7 Å². The molecule has 3 heteroatoms. The number of aromatic nitrogens is 1. The summed E-state index contributed by atoms with van der Waals surface area (Å²) in [4.78, 5) is 13.8. The molecular formula is C21H28BrNO. The van der Waals surface area contributed by atoms with Crippen LogP contribution in [0.2, 0.25) is 0 Å². The molecule has 0 radical (unpaired) electrons. The van der Waals surface area contributed by atoms with Crippen LogP contribution in [-0.4, -0.2) is 10.8 Å². The van der Waals surface area contributed by atoms with Gasteiger partial charge in [-0.1, -0.05) is 41.6 Å². The van der Waals surface area contributed by atoms with Gasteiger partial charge in [-0.25, -0.2) is 0 Å². The van der Waals surface area contributed by atoms with Crippen LogP contribution in [0.3, 0.4) is 0 Å². The molecule has 0 unspecified atom stereocenters. The molecule has 0 aliphatic heterocycles. The lowest BCUT2D eigenvalue weighted by atomic mass is 10.0. The third-order valence-electron chi connectivity index (χ3n) is 3.34. The second kappa shape index (κ2) is 11.7. The van der Waals surface area contributed by atoms with Crippen molar-refractivity contribution in [1.29, 1.82) is 0 Å². The van der Waals surface area contributed by atoms with E-state index in [0.29, 0.717) is 0 Å². The topological polar surface area (TPSA) is 30.0 Å². The van der Waals surface area contributed by atoms with Crippen molar-refractivity contribution in [3.05, 3.63) is 75.5 Å². The molecule has 0 aliphatic rings. The van der Waals surface area contributed by atoms with Crippen molar-refractivity contribution in [3.63, 3.8) is 0 Å². The van der Waals surface area contributed by atoms with Crippen LogP contribution < -0.4 is 0 Å². The zero-order chi connectivity index (χ0) is 18.7. The van der Waals surface area contributed by atoms with Crippen LogP contribution in [0, 0.1) is 27.7 Å². The summed E-state index contributed by atoms with van der Waals surface area (Å²) in [6.07, 6.45) is 4.27. The van der Waals surface area contributed by atoms with E-state index in [0.717, 1.165) is 12.1 Å². The number of allylic oxidation sites excluding steroid dienone is 1. The molecule has 0 saturated heterocycles. The maximum atomic E-state index is 9.69. The minimum atomic E-state index is 0.0185. The Balaban J connectivity index is 0.000000358. The molecule has 0 saturated carbocycles. The van der Waals surface area contributed by atoms with Gasteiger partial charge in [0.05, 0.1) is 0 Å². The standard InChI is InChI=1S/C10H13Br.C7H9N.C4H6O/c1-4-9-5-8(3)10(11)6-7(9)2;1-6-3-4-7(2)8-5-6;1-3-4(2)5/h5-6H,4H2,1-3H3;3-5H,1-2H3;3H,1H2,2H3. The SMILES string of the molecule is C=CC(C)=O.CCc1cc(C)c(Br)cc1C.Cc1ccc(C)nc1. The highest BCUT2D eigenvalue weighted by molar-refractivity contribution is 9.10. The number of aryl methyl sites for hydroxylation is 5. The smallest absolute Gasteiger partial charge is 0.152 e. The fourth-order valence-electron chi connectivity index (χ4n) is 1.76. The molecular weight excluding hydrogens is 362 g/mol. The number of halogens is 1. The third kappa shape index (κ3) is 9.41. The number of pyridine rings is 1. The quantitative estimate of drug-likeness (QED) is 0.581. The summed E-state index contributed by atoms with van der Waals surface area (Å²) in [6.45, 7) is 15.2. The van der Waals surface area contributed by atoms with Crippen LogP contribution in [0.5, 0.6) is 0 Å². The zero-order valence-corrected chi connectivity index (χ0v) is 17.2. The number of hydrogen-bond donors (Lipinski definition) is 0. The molecule has 1 aromatic heterocycles. The molecule has 0 amide bonds. The van der Waals surface area contributed by atoms with Crippen LogP contribution in [-0.2, 0) is 11.2 Å². The normalized spacial score (nSPS) is 9.12. The second-order valence-corrected chi connectivity index (χ2v) is 6.53. The van der Waals surface area contributed by atoms with Gasteiger partial charge in [0.2, 0.25) is 0 Å². The molecule has 2 nitrogen and oxygen atoms in total. The minimum absolute atomic E-state index is 0.0185. The summed E-state index contributed by atoms with van der Waals surface area (Å²) in [5.74, 6) is 0.0185. The first kappa shape index (κ1) is 22.3. The summed E-state index contributed by atoms with van der Waals surface area (Å²) >= 11 is 3.51. The van der Waals surface area contributed by atoms with Crippen LogP contribution in [0.25, 0.3) is 0 Å². The van der Waals surface area contributed by atoms with Gasteiger partial charge < -0.3 is 0 Å². The lowest BCUT2D eigenvalue weighted by Crippen LogP contribution is -1.88. The number of hydrogen-bond acceptors (Lipinski definition) is 2.